The molecular weight excluding hydrogens is 254 g/mol. The van der Waals surface area contributed by atoms with Crippen LogP contribution in [0.25, 0.3) is 0 Å². The van der Waals surface area contributed by atoms with Gasteiger partial charge in [0.25, 0.3) is 5.91 Å². The van der Waals surface area contributed by atoms with Crippen molar-refractivity contribution in [2.45, 2.75) is 52.0 Å². The van der Waals surface area contributed by atoms with Crippen LogP contribution in [0.15, 0.2) is 0 Å². The van der Waals surface area contributed by atoms with E-state index in [2.05, 4.69) is 10.3 Å². The van der Waals surface area contributed by atoms with E-state index in [0.29, 0.717) is 17.8 Å². The van der Waals surface area contributed by atoms with Crippen LogP contribution in [-0.4, -0.2) is 28.8 Å². The zero-order valence-corrected chi connectivity index (χ0v) is 12.4. The molecule has 1 aromatic heterocycles. The summed E-state index contributed by atoms with van der Waals surface area (Å²) in [7, 11) is 0. The predicted molar refractivity (Wildman–Crippen MR) is 78.0 cm³/mol. The third-order valence-corrected chi connectivity index (χ3v) is 4.35. The maximum atomic E-state index is 12.5. The monoisotopic (exact) mass is 277 g/mol. The smallest absolute Gasteiger partial charge is 0.268 e. The quantitative estimate of drug-likeness (QED) is 0.734. The highest BCUT2D eigenvalue weighted by molar-refractivity contribution is 6.02. The third-order valence-electron chi connectivity index (χ3n) is 4.35. The lowest BCUT2D eigenvalue weighted by molar-refractivity contribution is 0.0897. The van der Waals surface area contributed by atoms with E-state index >= 15 is 0 Å². The Kier molecular flexibility index (Phi) is 3.99. The topological polar surface area (TPSA) is 88.0 Å². The van der Waals surface area contributed by atoms with E-state index in [9.17, 15) is 9.59 Å². The highest BCUT2D eigenvalue weighted by Gasteiger charge is 2.35. The zero-order chi connectivity index (χ0) is 14.9. The average molecular weight is 277 g/mol. The molecular formula is C15H23N3O2. The van der Waals surface area contributed by atoms with Crippen molar-refractivity contribution < 1.29 is 9.59 Å². The molecule has 0 atom stereocenters. The van der Waals surface area contributed by atoms with Crippen LogP contribution in [0, 0.1) is 13.8 Å². The number of H-pyrrole nitrogens is 1. The van der Waals surface area contributed by atoms with Gasteiger partial charge in [0.05, 0.1) is 5.54 Å². The number of hydrogen-bond donors (Lipinski definition) is 3. The fourth-order valence-electron chi connectivity index (χ4n) is 3.24. The maximum absolute atomic E-state index is 12.5. The van der Waals surface area contributed by atoms with Gasteiger partial charge in [-0.25, -0.2) is 0 Å². The SMILES string of the molecule is CC(=O)c1c(C)[nH]c(C(=O)NC2(CN)CCCC2)c1C. The number of aromatic nitrogens is 1. The van der Waals surface area contributed by atoms with E-state index < -0.39 is 0 Å². The van der Waals surface area contributed by atoms with E-state index in [1.54, 1.807) is 6.92 Å². The molecule has 1 aliphatic carbocycles. The number of carbonyl (C=O) groups is 2. The van der Waals surface area contributed by atoms with Crippen molar-refractivity contribution in [2.24, 2.45) is 5.73 Å². The molecule has 1 fully saturated rings. The van der Waals surface area contributed by atoms with Crippen LogP contribution in [0.4, 0.5) is 0 Å². The number of carbonyl (C=O) groups excluding carboxylic acids is 2. The lowest BCUT2D eigenvalue weighted by Crippen LogP contribution is -2.51. The van der Waals surface area contributed by atoms with E-state index in [4.69, 9.17) is 5.73 Å². The Morgan fingerprint density at radius 2 is 1.90 bits per heavy atom. The highest BCUT2D eigenvalue weighted by atomic mass is 16.2. The molecule has 0 bridgehead atoms. The molecule has 0 saturated heterocycles. The minimum atomic E-state index is -0.279. The molecule has 4 N–H and O–H groups in total. The molecule has 0 aromatic carbocycles. The standard InChI is InChI=1S/C15H23N3O2/c1-9-12(11(3)19)10(2)17-13(9)14(20)18-15(8-16)6-4-5-7-15/h17H,4-8,16H2,1-3H3,(H,18,20). The Balaban J connectivity index is 2.26. The van der Waals surface area contributed by atoms with Gasteiger partial charge in [0.15, 0.2) is 5.78 Å². The van der Waals surface area contributed by atoms with Crippen molar-refractivity contribution in [2.75, 3.05) is 6.54 Å². The van der Waals surface area contributed by atoms with E-state index in [1.807, 2.05) is 6.92 Å². The summed E-state index contributed by atoms with van der Waals surface area (Å²) in [5.74, 6) is -0.185. The van der Waals surface area contributed by atoms with Gasteiger partial charge in [0.2, 0.25) is 0 Å². The lowest BCUT2D eigenvalue weighted by Gasteiger charge is -2.28. The first-order chi connectivity index (χ1) is 9.40. The van der Waals surface area contributed by atoms with Crippen LogP contribution in [0.3, 0.4) is 0 Å². The molecule has 1 aliphatic rings. The van der Waals surface area contributed by atoms with Gasteiger partial charge < -0.3 is 16.0 Å². The van der Waals surface area contributed by atoms with E-state index in [-0.39, 0.29) is 17.2 Å². The fourth-order valence-corrected chi connectivity index (χ4v) is 3.24. The summed E-state index contributed by atoms with van der Waals surface area (Å²) in [6, 6.07) is 0. The Bertz CT molecular complexity index is 540. The minimum absolute atomic E-state index is 0.0234. The second-order valence-electron chi connectivity index (χ2n) is 5.83. The van der Waals surface area contributed by atoms with E-state index in [0.717, 1.165) is 36.9 Å². The Labute approximate surface area is 119 Å². The number of hydrogen-bond acceptors (Lipinski definition) is 3. The van der Waals surface area contributed by atoms with Crippen molar-refractivity contribution in [3.05, 3.63) is 22.5 Å². The summed E-state index contributed by atoms with van der Waals surface area (Å²) in [6.45, 7) is 5.59. The molecule has 5 nitrogen and oxygen atoms in total. The predicted octanol–water partition coefficient (Wildman–Crippen LogP) is 1.84. The Hall–Kier alpha value is -1.62. The van der Waals surface area contributed by atoms with Crippen LogP contribution in [0.2, 0.25) is 0 Å². The minimum Gasteiger partial charge on any atom is -0.354 e. The van der Waals surface area contributed by atoms with Crippen LogP contribution in [0.1, 0.15) is 64.7 Å². The summed E-state index contributed by atoms with van der Waals surface area (Å²) >= 11 is 0. The molecule has 0 unspecified atom stereocenters. The van der Waals surface area contributed by atoms with Gasteiger partial charge in [-0.05, 0) is 39.2 Å². The first-order valence-corrected chi connectivity index (χ1v) is 7.13. The number of nitrogens with two attached hydrogens (primary N) is 1. The normalized spacial score (nSPS) is 17.2. The van der Waals surface area contributed by atoms with Gasteiger partial charge in [-0.3, -0.25) is 9.59 Å². The van der Waals surface area contributed by atoms with Gasteiger partial charge in [-0.1, -0.05) is 12.8 Å². The number of amides is 1. The molecule has 110 valence electrons. The Morgan fingerprint density at radius 1 is 1.30 bits per heavy atom. The molecule has 2 rings (SSSR count). The molecule has 20 heavy (non-hydrogen) atoms. The number of aryl methyl sites for hydroxylation is 1. The first-order valence-electron chi connectivity index (χ1n) is 7.13. The molecule has 0 aliphatic heterocycles. The van der Waals surface area contributed by atoms with Crippen molar-refractivity contribution in [3.63, 3.8) is 0 Å². The van der Waals surface area contributed by atoms with Gasteiger partial charge in [-0.2, -0.15) is 0 Å². The summed E-state index contributed by atoms with van der Waals surface area (Å²) in [4.78, 5) is 27.1. The first kappa shape index (κ1) is 14.8. The highest BCUT2D eigenvalue weighted by Crippen LogP contribution is 2.29. The molecule has 5 heteroatoms. The second kappa shape index (κ2) is 5.40. The van der Waals surface area contributed by atoms with Crippen LogP contribution in [0.5, 0.6) is 0 Å². The summed E-state index contributed by atoms with van der Waals surface area (Å²) < 4.78 is 0. The van der Waals surface area contributed by atoms with Gasteiger partial charge in [0, 0.05) is 17.8 Å². The number of nitrogens with one attached hydrogen (secondary N) is 2. The van der Waals surface area contributed by atoms with Crippen molar-refractivity contribution >= 4 is 11.7 Å². The molecule has 1 aromatic rings. The molecule has 1 heterocycles. The molecule has 0 radical (unpaired) electrons. The third kappa shape index (κ3) is 2.50. The van der Waals surface area contributed by atoms with Crippen molar-refractivity contribution in [1.82, 2.24) is 10.3 Å². The van der Waals surface area contributed by atoms with Gasteiger partial charge in [0.1, 0.15) is 5.69 Å². The maximum Gasteiger partial charge on any atom is 0.268 e. The molecule has 1 amide bonds. The zero-order valence-electron chi connectivity index (χ0n) is 12.4. The summed E-state index contributed by atoms with van der Waals surface area (Å²) in [5.41, 5.74) is 8.12. The van der Waals surface area contributed by atoms with Crippen molar-refractivity contribution in [1.29, 1.82) is 0 Å². The van der Waals surface area contributed by atoms with E-state index in [1.165, 1.54) is 6.92 Å². The van der Waals surface area contributed by atoms with Crippen LogP contribution < -0.4 is 11.1 Å². The van der Waals surface area contributed by atoms with Gasteiger partial charge in [-0.15, -0.1) is 0 Å². The average Bonchev–Trinajstić information content (AvgIpc) is 2.95. The molecule has 0 spiro atoms. The number of ketones is 1. The Morgan fingerprint density at radius 3 is 2.35 bits per heavy atom. The summed E-state index contributed by atoms with van der Waals surface area (Å²) in [5, 5.41) is 3.07. The lowest BCUT2D eigenvalue weighted by atomic mass is 9.97. The number of rotatable bonds is 4. The molecule has 1 saturated carbocycles. The fraction of sp³-hybridized carbons (Fsp3) is 0.600. The van der Waals surface area contributed by atoms with Crippen LogP contribution in [-0.2, 0) is 0 Å². The number of aromatic amines is 1. The largest absolute Gasteiger partial charge is 0.354 e. The van der Waals surface area contributed by atoms with Crippen molar-refractivity contribution in [3.8, 4) is 0 Å². The second-order valence-corrected chi connectivity index (χ2v) is 5.83. The number of Topliss-reactive ketones (excluding diaryl/α,β-unsaturated/α-hetero) is 1. The van der Waals surface area contributed by atoms with Crippen LogP contribution >= 0.6 is 0 Å². The van der Waals surface area contributed by atoms with Gasteiger partial charge >= 0.3 is 0 Å². The summed E-state index contributed by atoms with van der Waals surface area (Å²) in [6.07, 6.45) is 4.04.